The average molecular weight is 324 g/mol. The summed E-state index contributed by atoms with van der Waals surface area (Å²) in [6, 6.07) is 6.54. The molecule has 4 nitrogen and oxygen atoms in total. The molecule has 0 spiro atoms. The Morgan fingerprint density at radius 3 is 2.77 bits per heavy atom. The van der Waals surface area contributed by atoms with Crippen molar-refractivity contribution in [2.24, 2.45) is 4.99 Å². The van der Waals surface area contributed by atoms with Crippen LogP contribution in [0, 0.1) is 6.92 Å². The SMILES string of the molecule is CCNC(=NCc1ccc(C)cc1SC)NCCCOCC. The maximum absolute atomic E-state index is 5.34. The minimum Gasteiger partial charge on any atom is -0.382 e. The highest BCUT2D eigenvalue weighted by molar-refractivity contribution is 7.98. The molecule has 22 heavy (non-hydrogen) atoms. The van der Waals surface area contributed by atoms with E-state index in [2.05, 4.69) is 53.9 Å². The lowest BCUT2D eigenvalue weighted by molar-refractivity contribution is 0.145. The van der Waals surface area contributed by atoms with Crippen LogP contribution in [0.5, 0.6) is 0 Å². The second kappa shape index (κ2) is 11.4. The second-order valence-electron chi connectivity index (χ2n) is 4.99. The summed E-state index contributed by atoms with van der Waals surface area (Å²) in [6.07, 6.45) is 3.10. The van der Waals surface area contributed by atoms with Crippen molar-refractivity contribution < 1.29 is 4.74 Å². The number of rotatable bonds is 9. The largest absolute Gasteiger partial charge is 0.382 e. The highest BCUT2D eigenvalue weighted by Gasteiger charge is 2.02. The van der Waals surface area contributed by atoms with E-state index in [1.54, 1.807) is 11.8 Å². The molecule has 1 aromatic carbocycles. The van der Waals surface area contributed by atoms with Crippen LogP contribution in [0.3, 0.4) is 0 Å². The summed E-state index contributed by atoms with van der Waals surface area (Å²) < 4.78 is 5.34. The zero-order valence-electron chi connectivity index (χ0n) is 14.2. The molecular weight excluding hydrogens is 294 g/mol. The summed E-state index contributed by atoms with van der Waals surface area (Å²) in [5.41, 5.74) is 2.56. The number of aliphatic imine (C=N–C) groups is 1. The molecule has 2 N–H and O–H groups in total. The van der Waals surface area contributed by atoms with Gasteiger partial charge in [0.1, 0.15) is 0 Å². The molecule has 5 heteroatoms. The van der Waals surface area contributed by atoms with Gasteiger partial charge in [0.05, 0.1) is 6.54 Å². The van der Waals surface area contributed by atoms with Gasteiger partial charge in [-0.1, -0.05) is 12.1 Å². The molecule has 0 heterocycles. The van der Waals surface area contributed by atoms with Crippen LogP contribution >= 0.6 is 11.8 Å². The van der Waals surface area contributed by atoms with Crippen molar-refractivity contribution in [2.75, 3.05) is 32.6 Å². The van der Waals surface area contributed by atoms with E-state index < -0.39 is 0 Å². The number of ether oxygens (including phenoxy) is 1. The maximum Gasteiger partial charge on any atom is 0.191 e. The Morgan fingerprint density at radius 1 is 1.27 bits per heavy atom. The first-order valence-electron chi connectivity index (χ1n) is 7.94. The molecule has 1 rings (SSSR count). The molecule has 0 aromatic heterocycles. The number of benzene rings is 1. The first-order chi connectivity index (χ1) is 10.7. The fourth-order valence-corrected chi connectivity index (χ4v) is 2.71. The quantitative estimate of drug-likeness (QED) is 0.317. The zero-order chi connectivity index (χ0) is 16.2. The number of aryl methyl sites for hydroxylation is 1. The topological polar surface area (TPSA) is 45.7 Å². The fraction of sp³-hybridized carbons (Fsp3) is 0.588. The zero-order valence-corrected chi connectivity index (χ0v) is 15.1. The van der Waals surface area contributed by atoms with Gasteiger partial charge in [-0.2, -0.15) is 0 Å². The van der Waals surface area contributed by atoms with Gasteiger partial charge in [0.2, 0.25) is 0 Å². The van der Waals surface area contributed by atoms with E-state index >= 15 is 0 Å². The molecule has 0 aliphatic carbocycles. The molecule has 1 aromatic rings. The van der Waals surface area contributed by atoms with E-state index in [1.807, 2.05) is 6.92 Å². The van der Waals surface area contributed by atoms with Gasteiger partial charge in [0.15, 0.2) is 5.96 Å². The molecule has 0 bridgehead atoms. The van der Waals surface area contributed by atoms with Crippen molar-refractivity contribution in [3.63, 3.8) is 0 Å². The van der Waals surface area contributed by atoms with Crippen LogP contribution in [-0.2, 0) is 11.3 Å². The lowest BCUT2D eigenvalue weighted by atomic mass is 10.1. The van der Waals surface area contributed by atoms with E-state index in [4.69, 9.17) is 4.74 Å². The van der Waals surface area contributed by atoms with E-state index in [-0.39, 0.29) is 0 Å². The molecule has 0 radical (unpaired) electrons. The van der Waals surface area contributed by atoms with Crippen molar-refractivity contribution in [1.82, 2.24) is 10.6 Å². The lowest BCUT2D eigenvalue weighted by Gasteiger charge is -2.12. The number of hydrogen-bond donors (Lipinski definition) is 2. The predicted octanol–water partition coefficient (Wildman–Crippen LogP) is 3.20. The summed E-state index contributed by atoms with van der Waals surface area (Å²) in [7, 11) is 0. The van der Waals surface area contributed by atoms with Crippen molar-refractivity contribution in [2.45, 2.75) is 38.6 Å². The van der Waals surface area contributed by atoms with Crippen molar-refractivity contribution in [3.05, 3.63) is 29.3 Å². The number of nitrogens with zero attached hydrogens (tertiary/aromatic N) is 1. The molecule has 0 fully saturated rings. The van der Waals surface area contributed by atoms with E-state index in [1.165, 1.54) is 16.0 Å². The molecule has 0 aliphatic rings. The molecule has 0 unspecified atom stereocenters. The van der Waals surface area contributed by atoms with E-state index in [0.717, 1.165) is 38.7 Å². The Hall–Kier alpha value is -1.20. The van der Waals surface area contributed by atoms with Crippen LogP contribution in [0.15, 0.2) is 28.1 Å². The van der Waals surface area contributed by atoms with Crippen LogP contribution < -0.4 is 10.6 Å². The minimum absolute atomic E-state index is 0.692. The predicted molar refractivity (Wildman–Crippen MR) is 96.9 cm³/mol. The van der Waals surface area contributed by atoms with Gasteiger partial charge < -0.3 is 15.4 Å². The number of nitrogens with one attached hydrogen (secondary N) is 2. The summed E-state index contributed by atoms with van der Waals surface area (Å²) in [5, 5.41) is 6.63. The standard InChI is InChI=1S/C17H29N3OS/c1-5-18-17(19-10-7-11-21-6-2)20-13-15-9-8-14(3)12-16(15)22-4/h8-9,12H,5-7,10-11,13H2,1-4H3,(H2,18,19,20). The van der Waals surface area contributed by atoms with Crippen LogP contribution in [-0.4, -0.2) is 38.5 Å². The molecule has 0 saturated heterocycles. The summed E-state index contributed by atoms with van der Waals surface area (Å²) in [6.45, 7) is 10.2. The smallest absolute Gasteiger partial charge is 0.191 e. The second-order valence-corrected chi connectivity index (χ2v) is 5.84. The van der Waals surface area contributed by atoms with Gasteiger partial charge in [-0.3, -0.25) is 0 Å². The Balaban J connectivity index is 2.57. The van der Waals surface area contributed by atoms with Gasteiger partial charge in [0.25, 0.3) is 0 Å². The van der Waals surface area contributed by atoms with Gasteiger partial charge >= 0.3 is 0 Å². The number of hydrogen-bond acceptors (Lipinski definition) is 3. The van der Waals surface area contributed by atoms with Crippen LogP contribution in [0.2, 0.25) is 0 Å². The van der Waals surface area contributed by atoms with Crippen molar-refractivity contribution >= 4 is 17.7 Å². The molecule has 124 valence electrons. The third-order valence-electron chi connectivity index (χ3n) is 3.16. The number of thioether (sulfide) groups is 1. The van der Waals surface area contributed by atoms with Crippen LogP contribution in [0.4, 0.5) is 0 Å². The van der Waals surface area contributed by atoms with E-state index in [0.29, 0.717) is 6.54 Å². The summed E-state index contributed by atoms with van der Waals surface area (Å²) in [5.74, 6) is 0.867. The van der Waals surface area contributed by atoms with Crippen molar-refractivity contribution in [3.8, 4) is 0 Å². The van der Waals surface area contributed by atoms with Gasteiger partial charge in [-0.15, -0.1) is 11.8 Å². The first kappa shape index (κ1) is 18.8. The molecule has 0 atom stereocenters. The maximum atomic E-state index is 5.34. The Morgan fingerprint density at radius 2 is 2.09 bits per heavy atom. The Kier molecular flexibility index (Phi) is 9.75. The minimum atomic E-state index is 0.692. The number of guanidine groups is 1. The molecule has 0 saturated carbocycles. The Labute approximate surface area is 139 Å². The Bertz CT molecular complexity index is 463. The summed E-state index contributed by atoms with van der Waals surface area (Å²) >= 11 is 1.77. The molecular formula is C17H29N3OS. The average Bonchev–Trinajstić information content (AvgIpc) is 2.53. The monoisotopic (exact) mass is 323 g/mol. The summed E-state index contributed by atoms with van der Waals surface area (Å²) in [4.78, 5) is 5.98. The van der Waals surface area contributed by atoms with Crippen molar-refractivity contribution in [1.29, 1.82) is 0 Å². The normalized spacial score (nSPS) is 11.5. The van der Waals surface area contributed by atoms with Crippen LogP contribution in [0.25, 0.3) is 0 Å². The third-order valence-corrected chi connectivity index (χ3v) is 3.98. The van der Waals surface area contributed by atoms with Gasteiger partial charge in [-0.05, 0) is 50.6 Å². The van der Waals surface area contributed by atoms with Gasteiger partial charge in [0, 0.05) is 31.2 Å². The highest BCUT2D eigenvalue weighted by atomic mass is 32.2. The lowest BCUT2D eigenvalue weighted by Crippen LogP contribution is -2.38. The van der Waals surface area contributed by atoms with Gasteiger partial charge in [-0.25, -0.2) is 4.99 Å². The first-order valence-corrected chi connectivity index (χ1v) is 9.17. The molecule has 0 aliphatic heterocycles. The fourth-order valence-electron chi connectivity index (χ4n) is 2.01. The molecule has 0 amide bonds. The van der Waals surface area contributed by atoms with E-state index in [9.17, 15) is 0 Å². The van der Waals surface area contributed by atoms with Crippen LogP contribution in [0.1, 0.15) is 31.4 Å². The third kappa shape index (κ3) is 7.18. The highest BCUT2D eigenvalue weighted by Crippen LogP contribution is 2.22.